The summed E-state index contributed by atoms with van der Waals surface area (Å²) in [5.41, 5.74) is 11.7. The van der Waals surface area contributed by atoms with E-state index in [9.17, 15) is 0 Å². The van der Waals surface area contributed by atoms with E-state index in [1.54, 1.807) is 16.8 Å². The lowest BCUT2D eigenvalue weighted by Crippen LogP contribution is -2.02. The van der Waals surface area contributed by atoms with Crippen LogP contribution < -0.4 is 5.73 Å². The van der Waals surface area contributed by atoms with Crippen LogP contribution in [0.15, 0.2) is 48.1 Å². The molecule has 0 aliphatic carbocycles. The Bertz CT molecular complexity index is 889. The summed E-state index contributed by atoms with van der Waals surface area (Å²) in [6.45, 7) is 7.62. The number of benzene rings is 1. The van der Waals surface area contributed by atoms with Gasteiger partial charge in [-0.25, -0.2) is 9.50 Å². The van der Waals surface area contributed by atoms with Gasteiger partial charge >= 0.3 is 0 Å². The van der Waals surface area contributed by atoms with Gasteiger partial charge in [0.1, 0.15) is 0 Å². The van der Waals surface area contributed by atoms with E-state index in [2.05, 4.69) is 39.9 Å². The van der Waals surface area contributed by atoms with Crippen molar-refractivity contribution >= 4 is 23.4 Å². The molecule has 0 spiro atoms. The van der Waals surface area contributed by atoms with Crippen LogP contribution in [0.5, 0.6) is 0 Å². The number of anilines is 1. The minimum absolute atomic E-state index is 0.271. The lowest BCUT2D eigenvalue weighted by molar-refractivity contribution is 0.902. The average molecular weight is 291 g/mol. The van der Waals surface area contributed by atoms with Gasteiger partial charge in [-0.05, 0) is 37.1 Å². The van der Waals surface area contributed by atoms with Gasteiger partial charge < -0.3 is 5.73 Å². The van der Waals surface area contributed by atoms with Crippen molar-refractivity contribution in [3.63, 3.8) is 0 Å². The standard InChI is InChI=1S/C17H17N5/c1-4-8-19-15-10-13(6-5-11(15)2)14-7-9-22-16(14)12(3)20-17(18)21-22/h4-10H,1H2,2-3H3,(H2,18,21). The highest BCUT2D eigenvalue weighted by Gasteiger charge is 2.11. The van der Waals surface area contributed by atoms with Gasteiger partial charge in [0, 0.05) is 18.0 Å². The molecule has 2 N–H and O–H groups in total. The number of allylic oxidation sites excluding steroid dienone is 1. The second-order valence-corrected chi connectivity index (χ2v) is 5.09. The fraction of sp³-hybridized carbons (Fsp3) is 0.118. The summed E-state index contributed by atoms with van der Waals surface area (Å²) in [5, 5.41) is 4.21. The van der Waals surface area contributed by atoms with Crippen molar-refractivity contribution in [2.24, 2.45) is 4.99 Å². The molecule has 2 aromatic heterocycles. The largest absolute Gasteiger partial charge is 0.367 e. The molecule has 0 amide bonds. The molecule has 0 saturated heterocycles. The van der Waals surface area contributed by atoms with Gasteiger partial charge in [0.25, 0.3) is 0 Å². The summed E-state index contributed by atoms with van der Waals surface area (Å²) >= 11 is 0. The zero-order chi connectivity index (χ0) is 15.7. The number of aromatic nitrogens is 3. The predicted octanol–water partition coefficient (Wildman–Crippen LogP) is 3.48. The number of fused-ring (bicyclic) bond motifs is 1. The number of nitrogens with two attached hydrogens (primary N) is 1. The van der Waals surface area contributed by atoms with Crippen LogP contribution in [0.1, 0.15) is 11.3 Å². The molecule has 0 aliphatic rings. The van der Waals surface area contributed by atoms with Crippen LogP contribution in [-0.4, -0.2) is 20.8 Å². The average Bonchev–Trinajstić information content (AvgIpc) is 2.90. The fourth-order valence-corrected chi connectivity index (χ4v) is 2.51. The first-order chi connectivity index (χ1) is 10.6. The van der Waals surface area contributed by atoms with Crippen LogP contribution in [0.3, 0.4) is 0 Å². The highest BCUT2D eigenvalue weighted by Crippen LogP contribution is 2.31. The Morgan fingerprint density at radius 1 is 1.27 bits per heavy atom. The van der Waals surface area contributed by atoms with Crippen molar-refractivity contribution in [2.45, 2.75) is 13.8 Å². The second kappa shape index (κ2) is 5.44. The van der Waals surface area contributed by atoms with Crippen molar-refractivity contribution in [2.75, 3.05) is 5.73 Å². The fourth-order valence-electron chi connectivity index (χ4n) is 2.51. The van der Waals surface area contributed by atoms with Gasteiger partial charge in [0.15, 0.2) is 0 Å². The van der Waals surface area contributed by atoms with Crippen molar-refractivity contribution < 1.29 is 0 Å². The molecular weight excluding hydrogens is 274 g/mol. The maximum absolute atomic E-state index is 5.70. The first kappa shape index (κ1) is 14.0. The molecule has 5 nitrogen and oxygen atoms in total. The summed E-state index contributed by atoms with van der Waals surface area (Å²) < 4.78 is 1.76. The SMILES string of the molecule is C=CC=Nc1cc(-c2ccn3nc(N)nc(C)c23)ccc1C. The predicted molar refractivity (Wildman–Crippen MR) is 90.7 cm³/mol. The maximum atomic E-state index is 5.70. The van der Waals surface area contributed by atoms with E-state index in [0.717, 1.165) is 33.6 Å². The minimum atomic E-state index is 0.271. The van der Waals surface area contributed by atoms with Gasteiger partial charge in [0.05, 0.1) is 16.9 Å². The van der Waals surface area contributed by atoms with Gasteiger partial charge in [-0.15, -0.1) is 5.10 Å². The Morgan fingerprint density at radius 2 is 2.09 bits per heavy atom. The van der Waals surface area contributed by atoms with Crippen molar-refractivity contribution in [1.29, 1.82) is 0 Å². The van der Waals surface area contributed by atoms with Crippen LogP contribution >= 0.6 is 0 Å². The topological polar surface area (TPSA) is 68.6 Å². The molecule has 2 heterocycles. The third kappa shape index (κ3) is 2.37. The van der Waals surface area contributed by atoms with E-state index in [4.69, 9.17) is 5.73 Å². The van der Waals surface area contributed by atoms with E-state index in [1.165, 1.54) is 0 Å². The molecule has 1 aromatic carbocycles. The quantitative estimate of drug-likeness (QED) is 0.751. The normalized spacial score (nSPS) is 11.4. The summed E-state index contributed by atoms with van der Waals surface area (Å²) in [4.78, 5) is 8.66. The molecule has 22 heavy (non-hydrogen) atoms. The zero-order valence-electron chi connectivity index (χ0n) is 12.6. The molecule has 110 valence electrons. The van der Waals surface area contributed by atoms with Gasteiger partial charge in [-0.1, -0.05) is 24.8 Å². The number of aliphatic imine (C=N–C) groups is 1. The molecule has 0 unspecified atom stereocenters. The molecule has 0 bridgehead atoms. The van der Waals surface area contributed by atoms with Crippen molar-refractivity contribution in [1.82, 2.24) is 14.6 Å². The number of hydrogen-bond acceptors (Lipinski definition) is 4. The Balaban J connectivity index is 2.20. The number of rotatable bonds is 3. The van der Waals surface area contributed by atoms with Crippen LogP contribution in [0.4, 0.5) is 11.6 Å². The zero-order valence-corrected chi connectivity index (χ0v) is 12.6. The molecule has 0 saturated carbocycles. The van der Waals surface area contributed by atoms with Gasteiger partial charge in [-0.2, -0.15) is 0 Å². The Labute approximate surface area is 128 Å². The minimum Gasteiger partial charge on any atom is -0.367 e. The molecule has 3 aromatic rings. The van der Waals surface area contributed by atoms with Crippen LogP contribution in [0, 0.1) is 13.8 Å². The molecule has 0 fully saturated rings. The molecule has 0 radical (unpaired) electrons. The van der Waals surface area contributed by atoms with Crippen molar-refractivity contribution in [3.8, 4) is 11.1 Å². The smallest absolute Gasteiger partial charge is 0.238 e. The van der Waals surface area contributed by atoms with E-state index in [0.29, 0.717) is 0 Å². The Hall–Kier alpha value is -2.95. The third-order valence-electron chi connectivity index (χ3n) is 3.54. The third-order valence-corrected chi connectivity index (χ3v) is 3.54. The van der Waals surface area contributed by atoms with Crippen LogP contribution in [-0.2, 0) is 0 Å². The van der Waals surface area contributed by atoms with E-state index >= 15 is 0 Å². The van der Waals surface area contributed by atoms with Crippen LogP contribution in [0.25, 0.3) is 16.6 Å². The number of aryl methyl sites for hydroxylation is 2. The summed E-state index contributed by atoms with van der Waals surface area (Å²) in [7, 11) is 0. The maximum Gasteiger partial charge on any atom is 0.238 e. The van der Waals surface area contributed by atoms with Crippen LogP contribution in [0.2, 0.25) is 0 Å². The molecule has 0 atom stereocenters. The summed E-state index contributed by atoms with van der Waals surface area (Å²) in [5.74, 6) is 0.271. The molecular formula is C17H17N5. The summed E-state index contributed by atoms with van der Waals surface area (Å²) in [6, 6.07) is 8.21. The first-order valence-corrected chi connectivity index (χ1v) is 6.97. The number of nitrogen functional groups attached to an aromatic ring is 1. The van der Waals surface area contributed by atoms with Gasteiger partial charge in [-0.3, -0.25) is 4.99 Å². The second-order valence-electron chi connectivity index (χ2n) is 5.09. The molecule has 3 rings (SSSR count). The van der Waals surface area contributed by atoms with E-state index in [-0.39, 0.29) is 5.95 Å². The van der Waals surface area contributed by atoms with Crippen molar-refractivity contribution in [3.05, 3.63) is 54.4 Å². The van der Waals surface area contributed by atoms with E-state index in [1.807, 2.05) is 26.1 Å². The highest BCUT2D eigenvalue weighted by atomic mass is 15.3. The summed E-state index contributed by atoms with van der Waals surface area (Å²) in [6.07, 6.45) is 5.25. The lowest BCUT2D eigenvalue weighted by atomic mass is 10.0. The molecule has 0 aliphatic heterocycles. The highest BCUT2D eigenvalue weighted by molar-refractivity contribution is 5.84. The Kier molecular flexibility index (Phi) is 3.47. The number of nitrogens with zero attached hydrogens (tertiary/aromatic N) is 4. The van der Waals surface area contributed by atoms with Gasteiger partial charge in [0.2, 0.25) is 5.95 Å². The number of hydrogen-bond donors (Lipinski definition) is 1. The lowest BCUT2D eigenvalue weighted by Gasteiger charge is -2.06. The monoisotopic (exact) mass is 291 g/mol. The van der Waals surface area contributed by atoms with E-state index < -0.39 is 0 Å². The Morgan fingerprint density at radius 3 is 2.86 bits per heavy atom. The first-order valence-electron chi connectivity index (χ1n) is 6.97. The molecule has 5 heteroatoms.